The van der Waals surface area contributed by atoms with Gasteiger partial charge in [-0.15, -0.1) is 0 Å². The van der Waals surface area contributed by atoms with E-state index in [2.05, 4.69) is 10.6 Å². The zero-order valence-corrected chi connectivity index (χ0v) is 13.8. The van der Waals surface area contributed by atoms with Crippen molar-refractivity contribution in [2.24, 2.45) is 0 Å². The Hall–Kier alpha value is -2.32. The SMILES string of the molecule is COc1ccc(NC(=O)C(=O)NCC2(O)CCOCC2)c(OC)c1. The molecule has 1 fully saturated rings. The maximum atomic E-state index is 12.0. The fourth-order valence-corrected chi connectivity index (χ4v) is 2.33. The van der Waals surface area contributed by atoms with Crippen LogP contribution in [0.4, 0.5) is 5.69 Å². The minimum atomic E-state index is -1.04. The van der Waals surface area contributed by atoms with Crippen molar-refractivity contribution < 1.29 is 28.9 Å². The number of rotatable bonds is 5. The van der Waals surface area contributed by atoms with Gasteiger partial charge in [0.25, 0.3) is 0 Å². The van der Waals surface area contributed by atoms with E-state index >= 15 is 0 Å². The molecule has 0 saturated carbocycles. The number of ether oxygens (including phenoxy) is 3. The van der Waals surface area contributed by atoms with Gasteiger partial charge in [0.1, 0.15) is 11.5 Å². The second-order valence-electron chi connectivity index (χ2n) is 5.54. The van der Waals surface area contributed by atoms with Gasteiger partial charge in [-0.25, -0.2) is 0 Å². The number of amides is 2. The van der Waals surface area contributed by atoms with Crippen molar-refractivity contribution in [2.75, 3.05) is 39.3 Å². The van der Waals surface area contributed by atoms with Gasteiger partial charge >= 0.3 is 11.8 Å². The largest absolute Gasteiger partial charge is 0.497 e. The number of anilines is 1. The number of methoxy groups -OCH3 is 2. The summed E-state index contributed by atoms with van der Waals surface area (Å²) in [5.41, 5.74) is -0.686. The molecule has 0 bridgehead atoms. The first-order valence-corrected chi connectivity index (χ1v) is 7.59. The Kier molecular flexibility index (Phi) is 5.99. The molecule has 3 N–H and O–H groups in total. The summed E-state index contributed by atoms with van der Waals surface area (Å²) in [6, 6.07) is 4.81. The first kappa shape index (κ1) is 18.0. The Morgan fingerprint density at radius 1 is 1.21 bits per heavy atom. The maximum absolute atomic E-state index is 12.0. The van der Waals surface area contributed by atoms with Crippen LogP contribution in [0.2, 0.25) is 0 Å². The predicted molar refractivity (Wildman–Crippen MR) is 86.2 cm³/mol. The molecule has 1 aromatic carbocycles. The molecule has 8 heteroatoms. The summed E-state index contributed by atoms with van der Waals surface area (Å²) >= 11 is 0. The van der Waals surface area contributed by atoms with Crippen LogP contribution in [-0.2, 0) is 14.3 Å². The van der Waals surface area contributed by atoms with Crippen LogP contribution in [0.5, 0.6) is 11.5 Å². The first-order chi connectivity index (χ1) is 11.5. The second kappa shape index (κ2) is 7.98. The van der Waals surface area contributed by atoms with Gasteiger partial charge in [-0.1, -0.05) is 0 Å². The number of carbonyl (C=O) groups excluding carboxylic acids is 2. The minimum absolute atomic E-state index is 0.00234. The Morgan fingerprint density at radius 2 is 1.92 bits per heavy atom. The van der Waals surface area contributed by atoms with Crippen LogP contribution in [0.1, 0.15) is 12.8 Å². The van der Waals surface area contributed by atoms with Crippen molar-refractivity contribution >= 4 is 17.5 Å². The lowest BCUT2D eigenvalue weighted by Gasteiger charge is -2.31. The van der Waals surface area contributed by atoms with Crippen LogP contribution in [0.15, 0.2) is 18.2 Å². The number of benzene rings is 1. The summed E-state index contributed by atoms with van der Waals surface area (Å²) in [6.45, 7) is 0.867. The average molecular weight is 338 g/mol. The van der Waals surface area contributed by atoms with Gasteiger partial charge in [0.15, 0.2) is 0 Å². The summed E-state index contributed by atoms with van der Waals surface area (Å²) in [7, 11) is 2.96. The van der Waals surface area contributed by atoms with Crippen molar-refractivity contribution in [1.29, 1.82) is 0 Å². The third kappa shape index (κ3) is 4.59. The molecule has 0 aromatic heterocycles. The van der Waals surface area contributed by atoms with Crippen LogP contribution < -0.4 is 20.1 Å². The Labute approximate surface area is 140 Å². The van der Waals surface area contributed by atoms with E-state index in [0.717, 1.165) is 0 Å². The van der Waals surface area contributed by atoms with Crippen molar-refractivity contribution in [3.8, 4) is 11.5 Å². The third-order valence-corrected chi connectivity index (χ3v) is 3.86. The molecule has 1 heterocycles. The lowest BCUT2D eigenvalue weighted by Crippen LogP contribution is -2.48. The molecule has 1 saturated heterocycles. The molecule has 1 aliphatic heterocycles. The number of aliphatic hydroxyl groups is 1. The smallest absolute Gasteiger partial charge is 0.313 e. The van der Waals surface area contributed by atoms with Crippen LogP contribution in [0.25, 0.3) is 0 Å². The van der Waals surface area contributed by atoms with Crippen LogP contribution >= 0.6 is 0 Å². The van der Waals surface area contributed by atoms with Crippen LogP contribution in [-0.4, -0.2) is 56.5 Å². The van der Waals surface area contributed by atoms with Crippen LogP contribution in [0, 0.1) is 0 Å². The zero-order valence-electron chi connectivity index (χ0n) is 13.8. The fourth-order valence-electron chi connectivity index (χ4n) is 2.33. The second-order valence-corrected chi connectivity index (χ2v) is 5.54. The highest BCUT2D eigenvalue weighted by Gasteiger charge is 2.31. The van der Waals surface area contributed by atoms with Crippen molar-refractivity contribution in [3.05, 3.63) is 18.2 Å². The van der Waals surface area contributed by atoms with Gasteiger partial charge in [0.05, 0.1) is 25.5 Å². The van der Waals surface area contributed by atoms with E-state index in [1.54, 1.807) is 18.2 Å². The Bertz CT molecular complexity index is 598. The van der Waals surface area contributed by atoms with Crippen LogP contribution in [0.3, 0.4) is 0 Å². The van der Waals surface area contributed by atoms with Crippen molar-refractivity contribution in [3.63, 3.8) is 0 Å². The molecule has 2 rings (SSSR count). The highest BCUT2D eigenvalue weighted by Crippen LogP contribution is 2.28. The molecule has 0 radical (unpaired) electrons. The molecule has 0 aliphatic carbocycles. The maximum Gasteiger partial charge on any atom is 0.313 e. The fraction of sp³-hybridized carbons (Fsp3) is 0.500. The van der Waals surface area contributed by atoms with E-state index in [1.165, 1.54) is 14.2 Å². The topological polar surface area (TPSA) is 106 Å². The summed E-state index contributed by atoms with van der Waals surface area (Å²) in [4.78, 5) is 23.9. The Balaban J connectivity index is 1.93. The molecule has 1 aliphatic rings. The van der Waals surface area contributed by atoms with E-state index in [9.17, 15) is 14.7 Å². The molecule has 0 unspecified atom stereocenters. The first-order valence-electron chi connectivity index (χ1n) is 7.59. The monoisotopic (exact) mass is 338 g/mol. The third-order valence-electron chi connectivity index (χ3n) is 3.86. The molecule has 0 spiro atoms. The molecular weight excluding hydrogens is 316 g/mol. The van der Waals surface area contributed by atoms with Gasteiger partial charge in [0.2, 0.25) is 0 Å². The lowest BCUT2D eigenvalue weighted by molar-refractivity contribution is -0.137. The number of carbonyl (C=O) groups is 2. The van der Waals surface area contributed by atoms with Crippen molar-refractivity contribution in [1.82, 2.24) is 5.32 Å². The number of hydrogen-bond acceptors (Lipinski definition) is 6. The van der Waals surface area contributed by atoms with E-state index in [0.29, 0.717) is 43.2 Å². The summed E-state index contributed by atoms with van der Waals surface area (Å²) in [5, 5.41) is 15.2. The van der Waals surface area contributed by atoms with E-state index in [1.807, 2.05) is 0 Å². The van der Waals surface area contributed by atoms with E-state index < -0.39 is 17.4 Å². The molecule has 2 amide bonds. The molecule has 132 valence electrons. The van der Waals surface area contributed by atoms with Gasteiger partial charge < -0.3 is 30.0 Å². The summed E-state index contributed by atoms with van der Waals surface area (Å²) < 4.78 is 15.4. The molecule has 1 aromatic rings. The predicted octanol–water partition coefficient (Wildman–Crippen LogP) is 0.300. The number of nitrogens with one attached hydrogen (secondary N) is 2. The highest BCUT2D eigenvalue weighted by molar-refractivity contribution is 6.39. The van der Waals surface area contributed by atoms with Gasteiger partial charge in [0, 0.05) is 38.7 Å². The van der Waals surface area contributed by atoms with Crippen molar-refractivity contribution in [2.45, 2.75) is 18.4 Å². The van der Waals surface area contributed by atoms with E-state index in [-0.39, 0.29) is 6.54 Å². The Morgan fingerprint density at radius 3 is 2.54 bits per heavy atom. The van der Waals surface area contributed by atoms with Gasteiger partial charge in [-0.05, 0) is 12.1 Å². The zero-order chi connectivity index (χ0) is 17.6. The van der Waals surface area contributed by atoms with Gasteiger partial charge in [-0.2, -0.15) is 0 Å². The highest BCUT2D eigenvalue weighted by atomic mass is 16.5. The standard InChI is InChI=1S/C16H22N2O6/c1-22-11-3-4-12(13(9-11)23-2)18-15(20)14(19)17-10-16(21)5-7-24-8-6-16/h3-4,9,21H,5-8,10H2,1-2H3,(H,17,19)(H,18,20). The average Bonchev–Trinajstić information content (AvgIpc) is 2.60. The quantitative estimate of drug-likeness (QED) is 0.667. The summed E-state index contributed by atoms with van der Waals surface area (Å²) in [6.07, 6.45) is 0.836. The van der Waals surface area contributed by atoms with E-state index in [4.69, 9.17) is 14.2 Å². The summed E-state index contributed by atoms with van der Waals surface area (Å²) in [5.74, 6) is -0.725. The molecule has 0 atom stereocenters. The lowest BCUT2D eigenvalue weighted by atomic mass is 9.94. The molecule has 8 nitrogen and oxygen atoms in total. The van der Waals surface area contributed by atoms with Gasteiger partial charge in [-0.3, -0.25) is 9.59 Å². The molecular formula is C16H22N2O6. The minimum Gasteiger partial charge on any atom is -0.497 e. The normalized spacial score (nSPS) is 16.1. The molecule has 24 heavy (non-hydrogen) atoms. The number of hydrogen-bond donors (Lipinski definition) is 3.